The molecule has 1 unspecified atom stereocenters. The van der Waals surface area contributed by atoms with E-state index in [2.05, 4.69) is 15.4 Å². The molecule has 2 heterocycles. The fraction of sp³-hybridized carbons (Fsp3) is 0.750. The maximum absolute atomic E-state index is 11.7. The lowest BCUT2D eigenvalue weighted by Crippen LogP contribution is -2.50. The summed E-state index contributed by atoms with van der Waals surface area (Å²) in [5.74, 6) is -0.461. The molecule has 96 valence electrons. The number of imide groups is 1. The van der Waals surface area contributed by atoms with Gasteiger partial charge in [0, 0.05) is 19.6 Å². The van der Waals surface area contributed by atoms with Crippen LogP contribution in [0.3, 0.4) is 0 Å². The average molecular weight is 262 g/mol. The predicted octanol–water partition coefficient (Wildman–Crippen LogP) is -1.88. The van der Waals surface area contributed by atoms with Crippen LogP contribution in [-0.4, -0.2) is 49.8 Å². The highest BCUT2D eigenvalue weighted by Gasteiger charge is 2.52. The number of amides is 3. The molecule has 9 heteroatoms. The van der Waals surface area contributed by atoms with Crippen LogP contribution < -0.4 is 15.4 Å². The van der Waals surface area contributed by atoms with E-state index in [1.165, 1.54) is 4.31 Å². The predicted molar refractivity (Wildman–Crippen MR) is 58.2 cm³/mol. The summed E-state index contributed by atoms with van der Waals surface area (Å²) < 4.78 is 27.0. The van der Waals surface area contributed by atoms with Gasteiger partial charge < -0.3 is 5.32 Å². The normalized spacial score (nSPS) is 29.7. The molecule has 2 fully saturated rings. The van der Waals surface area contributed by atoms with Crippen LogP contribution in [0.5, 0.6) is 0 Å². The Balaban J connectivity index is 2.15. The molecular weight excluding hydrogens is 248 g/mol. The van der Waals surface area contributed by atoms with Crippen LogP contribution in [-0.2, 0) is 15.0 Å². The Morgan fingerprint density at radius 1 is 1.47 bits per heavy atom. The SMILES string of the molecule is CCNS(=O)(=O)N1CCC2(C1)NC(=O)NC2=O. The molecule has 2 aliphatic rings. The fourth-order valence-electron chi connectivity index (χ4n) is 2.07. The molecule has 0 saturated carbocycles. The molecule has 8 nitrogen and oxygen atoms in total. The van der Waals surface area contributed by atoms with Crippen molar-refractivity contribution in [2.45, 2.75) is 18.9 Å². The van der Waals surface area contributed by atoms with Crippen LogP contribution in [0.15, 0.2) is 0 Å². The van der Waals surface area contributed by atoms with Crippen molar-refractivity contribution in [3.63, 3.8) is 0 Å². The first-order valence-electron chi connectivity index (χ1n) is 5.28. The van der Waals surface area contributed by atoms with Gasteiger partial charge >= 0.3 is 6.03 Å². The van der Waals surface area contributed by atoms with Crippen molar-refractivity contribution in [2.75, 3.05) is 19.6 Å². The van der Waals surface area contributed by atoms with E-state index in [1.54, 1.807) is 6.92 Å². The van der Waals surface area contributed by atoms with Crippen LogP contribution in [0.25, 0.3) is 0 Å². The first-order valence-corrected chi connectivity index (χ1v) is 6.72. The zero-order valence-corrected chi connectivity index (χ0v) is 10.1. The van der Waals surface area contributed by atoms with E-state index in [-0.39, 0.29) is 26.1 Å². The topological polar surface area (TPSA) is 108 Å². The van der Waals surface area contributed by atoms with Gasteiger partial charge in [-0.25, -0.2) is 9.52 Å². The van der Waals surface area contributed by atoms with Crippen molar-refractivity contribution in [3.05, 3.63) is 0 Å². The summed E-state index contributed by atoms with van der Waals surface area (Å²) >= 11 is 0. The van der Waals surface area contributed by atoms with Crippen LogP contribution in [0, 0.1) is 0 Å². The van der Waals surface area contributed by atoms with Crippen molar-refractivity contribution >= 4 is 22.1 Å². The molecule has 0 aromatic carbocycles. The number of carbonyl (C=O) groups is 2. The second kappa shape index (κ2) is 3.93. The van der Waals surface area contributed by atoms with Crippen molar-refractivity contribution in [3.8, 4) is 0 Å². The van der Waals surface area contributed by atoms with E-state index < -0.39 is 27.7 Å². The van der Waals surface area contributed by atoms with Crippen molar-refractivity contribution in [2.24, 2.45) is 0 Å². The highest BCUT2D eigenvalue weighted by atomic mass is 32.2. The summed E-state index contributed by atoms with van der Waals surface area (Å²) in [6.45, 7) is 2.14. The molecule has 17 heavy (non-hydrogen) atoms. The summed E-state index contributed by atoms with van der Waals surface area (Å²) in [4.78, 5) is 22.7. The number of nitrogens with zero attached hydrogens (tertiary/aromatic N) is 1. The largest absolute Gasteiger partial charge is 0.322 e. The fourth-order valence-corrected chi connectivity index (χ4v) is 3.34. The maximum Gasteiger partial charge on any atom is 0.322 e. The van der Waals surface area contributed by atoms with Crippen LogP contribution in [0.1, 0.15) is 13.3 Å². The Morgan fingerprint density at radius 3 is 2.71 bits per heavy atom. The van der Waals surface area contributed by atoms with Gasteiger partial charge in [0.1, 0.15) is 5.54 Å². The summed E-state index contributed by atoms with van der Waals surface area (Å²) in [5.41, 5.74) is -1.10. The van der Waals surface area contributed by atoms with E-state index in [1.807, 2.05) is 0 Å². The average Bonchev–Trinajstić information content (AvgIpc) is 2.73. The molecule has 0 aromatic rings. The minimum atomic E-state index is -3.56. The smallest absolute Gasteiger partial charge is 0.322 e. The Morgan fingerprint density at radius 2 is 2.18 bits per heavy atom. The highest BCUT2D eigenvalue weighted by molar-refractivity contribution is 7.87. The van der Waals surface area contributed by atoms with E-state index >= 15 is 0 Å². The highest BCUT2D eigenvalue weighted by Crippen LogP contribution is 2.25. The number of hydrogen-bond donors (Lipinski definition) is 3. The molecule has 2 rings (SSSR count). The second-order valence-electron chi connectivity index (χ2n) is 4.08. The molecular formula is C8H14N4O4S. The van der Waals surface area contributed by atoms with Crippen LogP contribution in [0.2, 0.25) is 0 Å². The zero-order valence-electron chi connectivity index (χ0n) is 9.32. The molecule has 0 bridgehead atoms. The number of nitrogens with one attached hydrogen (secondary N) is 3. The third-order valence-electron chi connectivity index (χ3n) is 2.92. The summed E-state index contributed by atoms with van der Waals surface area (Å²) in [5, 5.41) is 4.61. The lowest BCUT2D eigenvalue weighted by molar-refractivity contribution is -0.123. The van der Waals surface area contributed by atoms with E-state index in [4.69, 9.17) is 0 Å². The van der Waals surface area contributed by atoms with Gasteiger partial charge in [-0.2, -0.15) is 12.7 Å². The lowest BCUT2D eigenvalue weighted by atomic mass is 10.00. The van der Waals surface area contributed by atoms with Gasteiger partial charge in [0.2, 0.25) is 0 Å². The first kappa shape index (κ1) is 12.3. The third kappa shape index (κ3) is 2.01. The second-order valence-corrected chi connectivity index (χ2v) is 5.83. The van der Waals surface area contributed by atoms with Crippen molar-refractivity contribution in [1.82, 2.24) is 19.7 Å². The van der Waals surface area contributed by atoms with Gasteiger partial charge in [0.15, 0.2) is 0 Å². The molecule has 2 aliphatic heterocycles. The molecule has 0 aliphatic carbocycles. The van der Waals surface area contributed by atoms with Crippen molar-refractivity contribution < 1.29 is 18.0 Å². The number of hydrogen-bond acceptors (Lipinski definition) is 4. The molecule has 3 amide bonds. The summed E-state index contributed by atoms with van der Waals surface area (Å²) in [6, 6.07) is -0.572. The molecule has 1 spiro atoms. The Kier molecular flexibility index (Phi) is 2.84. The first-order chi connectivity index (χ1) is 7.89. The Bertz CT molecular complexity index is 462. The van der Waals surface area contributed by atoms with Crippen LogP contribution >= 0.6 is 0 Å². The van der Waals surface area contributed by atoms with Gasteiger partial charge in [-0.15, -0.1) is 0 Å². The number of carbonyl (C=O) groups excluding carboxylic acids is 2. The minimum absolute atomic E-state index is 0.0279. The molecule has 2 saturated heterocycles. The minimum Gasteiger partial charge on any atom is -0.322 e. The molecule has 0 aromatic heterocycles. The Labute approximate surface area is 98.9 Å². The van der Waals surface area contributed by atoms with Gasteiger partial charge in [0.05, 0.1) is 0 Å². The lowest BCUT2D eigenvalue weighted by Gasteiger charge is -2.20. The molecule has 0 radical (unpaired) electrons. The van der Waals surface area contributed by atoms with Crippen LogP contribution in [0.4, 0.5) is 4.79 Å². The standard InChI is InChI=1S/C8H14N4O4S/c1-2-9-17(15,16)12-4-3-8(5-12)6(13)10-7(14)11-8/h9H,2-5H2,1H3,(H2,10,11,13,14). The molecule has 3 N–H and O–H groups in total. The number of urea groups is 1. The molecule has 1 atom stereocenters. The van der Waals surface area contributed by atoms with Gasteiger partial charge in [-0.05, 0) is 6.42 Å². The Hall–Kier alpha value is -1.19. The summed E-state index contributed by atoms with van der Waals surface area (Å²) in [6.07, 6.45) is 0.287. The van der Waals surface area contributed by atoms with Gasteiger partial charge in [-0.3, -0.25) is 10.1 Å². The maximum atomic E-state index is 11.7. The summed E-state index contributed by atoms with van der Waals surface area (Å²) in [7, 11) is -3.56. The third-order valence-corrected chi connectivity index (χ3v) is 4.56. The van der Waals surface area contributed by atoms with Crippen molar-refractivity contribution in [1.29, 1.82) is 0 Å². The monoisotopic (exact) mass is 262 g/mol. The zero-order chi connectivity index (χ0) is 12.7. The van der Waals surface area contributed by atoms with Gasteiger partial charge in [-0.1, -0.05) is 6.92 Å². The van der Waals surface area contributed by atoms with E-state index in [9.17, 15) is 18.0 Å². The number of rotatable bonds is 3. The van der Waals surface area contributed by atoms with Gasteiger partial charge in [0.25, 0.3) is 16.1 Å². The quantitative estimate of drug-likeness (QED) is 0.517. The van der Waals surface area contributed by atoms with E-state index in [0.717, 1.165) is 0 Å². The van der Waals surface area contributed by atoms with E-state index in [0.29, 0.717) is 0 Å².